The maximum atomic E-state index is 13.2. The molecule has 2 N–H and O–H groups in total. The number of fused-ring (bicyclic) bond motifs is 1. The first-order valence-corrected chi connectivity index (χ1v) is 15.8. The smallest absolute Gasteiger partial charge is 0.257 e. The van der Waals surface area contributed by atoms with Gasteiger partial charge < -0.3 is 10.1 Å². The summed E-state index contributed by atoms with van der Waals surface area (Å²) in [6.45, 7) is 6.29. The highest BCUT2D eigenvalue weighted by molar-refractivity contribution is 7.15. The van der Waals surface area contributed by atoms with Gasteiger partial charge in [0.05, 0.1) is 17.8 Å². The number of thiazole rings is 1. The van der Waals surface area contributed by atoms with Gasteiger partial charge in [-0.05, 0) is 80.1 Å². The van der Waals surface area contributed by atoms with Gasteiger partial charge in [0.2, 0.25) is 0 Å². The molecule has 0 spiro atoms. The molecule has 0 radical (unpaired) electrons. The third kappa shape index (κ3) is 7.44. The molecule has 0 bridgehead atoms. The fraction of sp³-hybridized carbons (Fsp3) is 0.324. The first-order chi connectivity index (χ1) is 20.9. The molecular formula is C34H37ClN4O3S. The fourth-order valence-corrected chi connectivity index (χ4v) is 6.87. The quantitative estimate of drug-likeness (QED) is 0.188. The summed E-state index contributed by atoms with van der Waals surface area (Å²) < 4.78 is 5.23. The lowest BCUT2D eigenvalue weighted by atomic mass is 9.95. The second-order valence-electron chi connectivity index (χ2n) is 10.8. The van der Waals surface area contributed by atoms with E-state index in [-0.39, 0.29) is 18.4 Å². The molecule has 1 aliphatic carbocycles. The number of rotatable bonds is 11. The Morgan fingerprint density at radius 1 is 1.07 bits per heavy atom. The Morgan fingerprint density at radius 2 is 1.86 bits per heavy atom. The van der Waals surface area contributed by atoms with Crippen LogP contribution in [0, 0.1) is 6.92 Å². The zero-order chi connectivity index (χ0) is 30.3. The Balaban J connectivity index is 1.20. The van der Waals surface area contributed by atoms with E-state index in [0.29, 0.717) is 38.6 Å². The highest BCUT2D eigenvalue weighted by Gasteiger charge is 2.27. The van der Waals surface area contributed by atoms with Crippen LogP contribution in [-0.4, -0.2) is 41.4 Å². The molecule has 1 aliphatic rings. The zero-order valence-corrected chi connectivity index (χ0v) is 26.4. The maximum absolute atomic E-state index is 13.2. The van der Waals surface area contributed by atoms with Gasteiger partial charge in [-0.1, -0.05) is 61.0 Å². The molecular weight excluding hydrogens is 580 g/mol. The number of hydrogen-bond donors (Lipinski definition) is 2. The van der Waals surface area contributed by atoms with Gasteiger partial charge in [-0.25, -0.2) is 4.98 Å². The van der Waals surface area contributed by atoms with Crippen molar-refractivity contribution in [2.24, 2.45) is 0 Å². The molecule has 4 aromatic rings. The summed E-state index contributed by atoms with van der Waals surface area (Å²) in [6.07, 6.45) is 4.03. The van der Waals surface area contributed by atoms with Crippen LogP contribution in [0.2, 0.25) is 5.02 Å². The molecule has 0 saturated carbocycles. The zero-order valence-electron chi connectivity index (χ0n) is 24.8. The van der Waals surface area contributed by atoms with Gasteiger partial charge in [0.15, 0.2) is 5.13 Å². The lowest BCUT2D eigenvalue weighted by Gasteiger charge is -2.33. The summed E-state index contributed by atoms with van der Waals surface area (Å²) in [7, 11) is 1.54. The molecule has 7 nitrogen and oxygen atoms in total. The number of amides is 2. The monoisotopic (exact) mass is 616 g/mol. The number of methoxy groups -OCH3 is 1. The molecule has 5 rings (SSSR count). The van der Waals surface area contributed by atoms with Crippen LogP contribution in [0.25, 0.3) is 0 Å². The van der Waals surface area contributed by atoms with E-state index in [4.69, 9.17) is 21.3 Å². The van der Waals surface area contributed by atoms with Crippen LogP contribution in [-0.2, 0) is 25.9 Å². The van der Waals surface area contributed by atoms with Crippen molar-refractivity contribution in [3.05, 3.63) is 110 Å². The molecule has 9 heteroatoms. The van der Waals surface area contributed by atoms with E-state index in [9.17, 15) is 9.59 Å². The third-order valence-electron chi connectivity index (χ3n) is 7.85. The van der Waals surface area contributed by atoms with Crippen LogP contribution in [0.3, 0.4) is 0 Å². The number of anilines is 1. The topological polar surface area (TPSA) is 83.6 Å². The van der Waals surface area contributed by atoms with Crippen molar-refractivity contribution in [2.75, 3.05) is 19.0 Å². The van der Waals surface area contributed by atoms with Gasteiger partial charge in [-0.2, -0.15) is 0 Å². The summed E-state index contributed by atoms with van der Waals surface area (Å²) in [4.78, 5) is 34.6. The number of nitrogens with one attached hydrogen (secondary N) is 2. The highest BCUT2D eigenvalue weighted by Crippen LogP contribution is 2.33. The summed E-state index contributed by atoms with van der Waals surface area (Å²) in [6, 6.07) is 21.7. The van der Waals surface area contributed by atoms with Gasteiger partial charge in [0.25, 0.3) is 11.8 Å². The van der Waals surface area contributed by atoms with Crippen LogP contribution < -0.4 is 15.4 Å². The van der Waals surface area contributed by atoms with Crippen molar-refractivity contribution in [1.29, 1.82) is 0 Å². The van der Waals surface area contributed by atoms with Gasteiger partial charge in [0.1, 0.15) is 5.75 Å². The highest BCUT2D eigenvalue weighted by atomic mass is 35.5. The van der Waals surface area contributed by atoms with Crippen molar-refractivity contribution in [1.82, 2.24) is 15.2 Å². The van der Waals surface area contributed by atoms with Crippen molar-refractivity contribution in [3.8, 4) is 5.75 Å². The average Bonchev–Trinajstić information content (AvgIpc) is 3.43. The number of nitrogens with zero attached hydrogens (tertiary/aromatic N) is 2. The number of hydrogen-bond acceptors (Lipinski definition) is 6. The molecule has 43 heavy (non-hydrogen) atoms. The molecule has 0 aliphatic heterocycles. The normalized spacial score (nSPS) is 14.3. The molecule has 2 amide bonds. The number of aromatic nitrogens is 1. The summed E-state index contributed by atoms with van der Waals surface area (Å²) >= 11 is 7.90. The molecule has 0 unspecified atom stereocenters. The van der Waals surface area contributed by atoms with E-state index in [1.54, 1.807) is 42.5 Å². The Morgan fingerprint density at radius 3 is 2.63 bits per heavy atom. The van der Waals surface area contributed by atoms with Crippen LogP contribution in [0.1, 0.15) is 67.7 Å². The van der Waals surface area contributed by atoms with Crippen LogP contribution in [0.15, 0.2) is 66.7 Å². The van der Waals surface area contributed by atoms with Crippen LogP contribution in [0.5, 0.6) is 5.75 Å². The predicted octanol–water partition coefficient (Wildman–Crippen LogP) is 7.07. The first-order valence-electron chi connectivity index (χ1n) is 14.6. The van der Waals surface area contributed by atoms with Crippen molar-refractivity contribution < 1.29 is 14.3 Å². The molecule has 3 aromatic carbocycles. The fourth-order valence-electron chi connectivity index (χ4n) is 5.55. The van der Waals surface area contributed by atoms with Gasteiger partial charge in [-0.15, -0.1) is 11.3 Å². The Bertz CT molecular complexity index is 1590. The molecule has 0 fully saturated rings. The average molecular weight is 617 g/mol. The Kier molecular flexibility index (Phi) is 10.1. The van der Waals surface area contributed by atoms with Crippen molar-refractivity contribution >= 4 is 39.9 Å². The Labute approximate surface area is 262 Å². The van der Waals surface area contributed by atoms with Gasteiger partial charge in [-0.3, -0.25) is 19.8 Å². The van der Waals surface area contributed by atoms with E-state index in [0.717, 1.165) is 50.0 Å². The third-order valence-corrected chi connectivity index (χ3v) is 9.35. The maximum Gasteiger partial charge on any atom is 0.257 e. The van der Waals surface area contributed by atoms with Gasteiger partial charge in [0, 0.05) is 35.1 Å². The van der Waals surface area contributed by atoms with Crippen molar-refractivity contribution in [3.63, 3.8) is 0 Å². The molecule has 1 heterocycles. The van der Waals surface area contributed by atoms with E-state index in [1.807, 2.05) is 12.1 Å². The standard InChI is InChI=1S/C34H37ClN4O3S/c1-4-17-39(21-23-9-6-5-7-10-23)26-13-15-28-30(19-26)43-34(37-28)38-32(40)25-12-8-11-24(18-25)20-36-33(41)27-14-16-29(42-3)31(35)22(27)2/h5-12,14,16,18,26H,4,13,15,17,19-21H2,1-3H3,(H,36,41)(H,37,38,40)/t26-/m0/s1. The Hall–Kier alpha value is -3.72. The van der Waals surface area contributed by atoms with Crippen LogP contribution >= 0.6 is 22.9 Å². The second kappa shape index (κ2) is 14.2. The lowest BCUT2D eigenvalue weighted by molar-refractivity contribution is 0.0949. The van der Waals surface area contributed by atoms with Crippen molar-refractivity contribution in [2.45, 2.75) is 58.7 Å². The summed E-state index contributed by atoms with van der Waals surface area (Å²) in [5, 5.41) is 6.98. The van der Waals surface area contributed by atoms with E-state index in [2.05, 4.69) is 52.8 Å². The number of aryl methyl sites for hydroxylation is 1. The lowest BCUT2D eigenvalue weighted by Crippen LogP contribution is -2.39. The SMILES string of the molecule is CCCN(Cc1ccccc1)[C@H]1CCc2nc(NC(=O)c3cccc(CNC(=O)c4ccc(OC)c(Cl)c4C)c3)sc2C1. The van der Waals surface area contributed by atoms with Crippen LogP contribution in [0.4, 0.5) is 5.13 Å². The number of benzene rings is 3. The van der Waals surface area contributed by atoms with E-state index >= 15 is 0 Å². The summed E-state index contributed by atoms with van der Waals surface area (Å²) in [5.74, 6) is 0.0620. The minimum atomic E-state index is -0.246. The van der Waals surface area contributed by atoms with Gasteiger partial charge >= 0.3 is 0 Å². The summed E-state index contributed by atoms with van der Waals surface area (Å²) in [5.41, 5.74) is 4.89. The molecule has 0 saturated heterocycles. The molecule has 1 atom stereocenters. The number of carbonyl (C=O) groups is 2. The van der Waals surface area contributed by atoms with E-state index < -0.39 is 0 Å². The number of halogens is 1. The number of ether oxygens (including phenoxy) is 1. The second-order valence-corrected chi connectivity index (χ2v) is 12.3. The first kappa shape index (κ1) is 30.7. The predicted molar refractivity (Wildman–Crippen MR) is 173 cm³/mol. The molecule has 1 aromatic heterocycles. The minimum absolute atomic E-state index is 0.217. The largest absolute Gasteiger partial charge is 0.495 e. The molecule has 224 valence electrons. The minimum Gasteiger partial charge on any atom is -0.495 e. The number of carbonyl (C=O) groups excluding carboxylic acids is 2. The van der Waals surface area contributed by atoms with E-state index in [1.165, 1.54) is 17.6 Å².